The first-order valence-electron chi connectivity index (χ1n) is 7.17. The molecule has 1 aromatic heterocycles. The quantitative estimate of drug-likeness (QED) is 0.837. The van der Waals surface area contributed by atoms with Crippen molar-refractivity contribution in [1.82, 2.24) is 9.97 Å². The van der Waals surface area contributed by atoms with Gasteiger partial charge in [-0.3, -0.25) is 5.32 Å². The molecule has 3 rings (SSSR count). The number of hydrogen-bond acceptors (Lipinski definition) is 4. The molecular formula is C15H19N3O2S. The van der Waals surface area contributed by atoms with Gasteiger partial charge < -0.3 is 9.72 Å². The number of H-pyrrole nitrogens is 1. The van der Waals surface area contributed by atoms with Crippen molar-refractivity contribution in [3.63, 3.8) is 0 Å². The summed E-state index contributed by atoms with van der Waals surface area (Å²) in [5.41, 5.74) is 1.76. The Morgan fingerprint density at radius 2 is 2.33 bits per heavy atom. The normalized spacial score (nSPS) is 16.5. The van der Waals surface area contributed by atoms with Gasteiger partial charge in [0.2, 0.25) is 5.95 Å². The van der Waals surface area contributed by atoms with E-state index in [1.165, 1.54) is 31.3 Å². The molecule has 1 aromatic carbocycles. The van der Waals surface area contributed by atoms with Crippen LogP contribution in [0.2, 0.25) is 0 Å². The largest absolute Gasteiger partial charge is 0.453 e. The molecule has 1 saturated carbocycles. The third kappa shape index (κ3) is 3.15. The van der Waals surface area contributed by atoms with Crippen LogP contribution in [-0.4, -0.2) is 28.4 Å². The lowest BCUT2D eigenvalue weighted by Crippen LogP contribution is -2.21. The van der Waals surface area contributed by atoms with Gasteiger partial charge in [0.15, 0.2) is 0 Å². The van der Waals surface area contributed by atoms with Crippen LogP contribution in [0.15, 0.2) is 23.1 Å². The highest BCUT2D eigenvalue weighted by Gasteiger charge is 2.24. The molecule has 0 bridgehead atoms. The topological polar surface area (TPSA) is 67.0 Å². The van der Waals surface area contributed by atoms with E-state index >= 15 is 0 Å². The van der Waals surface area contributed by atoms with E-state index in [-0.39, 0.29) is 0 Å². The summed E-state index contributed by atoms with van der Waals surface area (Å²) < 4.78 is 4.56. The van der Waals surface area contributed by atoms with Crippen molar-refractivity contribution in [2.75, 3.05) is 12.4 Å². The van der Waals surface area contributed by atoms with Crippen molar-refractivity contribution in [2.24, 2.45) is 5.92 Å². The number of amides is 1. The molecule has 1 unspecified atom stereocenters. The molecule has 1 heterocycles. The van der Waals surface area contributed by atoms with Gasteiger partial charge in [-0.05, 0) is 37.0 Å². The van der Waals surface area contributed by atoms with Crippen molar-refractivity contribution < 1.29 is 9.53 Å². The molecule has 5 nitrogen and oxygen atoms in total. The van der Waals surface area contributed by atoms with Crippen LogP contribution in [0.5, 0.6) is 0 Å². The maximum atomic E-state index is 11.2. The predicted molar refractivity (Wildman–Crippen MR) is 84.8 cm³/mol. The molecule has 0 radical (unpaired) electrons. The molecule has 21 heavy (non-hydrogen) atoms. The van der Waals surface area contributed by atoms with Gasteiger partial charge in [0, 0.05) is 10.1 Å². The molecule has 0 spiro atoms. The smallest absolute Gasteiger partial charge is 0.413 e. The van der Waals surface area contributed by atoms with Crippen molar-refractivity contribution in [1.29, 1.82) is 0 Å². The zero-order chi connectivity index (χ0) is 14.8. The number of hydrogen-bond donors (Lipinski definition) is 2. The third-order valence-electron chi connectivity index (χ3n) is 4.00. The number of aromatic amines is 1. The molecule has 112 valence electrons. The first-order chi connectivity index (χ1) is 10.2. The van der Waals surface area contributed by atoms with Gasteiger partial charge in [-0.1, -0.05) is 13.3 Å². The molecule has 1 aliphatic rings. The number of fused-ring (bicyclic) bond motifs is 1. The first kappa shape index (κ1) is 14.3. The zero-order valence-corrected chi connectivity index (χ0v) is 13.0. The summed E-state index contributed by atoms with van der Waals surface area (Å²) in [6, 6.07) is 6.16. The molecule has 1 aliphatic carbocycles. The van der Waals surface area contributed by atoms with E-state index in [0.717, 1.165) is 17.0 Å². The summed E-state index contributed by atoms with van der Waals surface area (Å²) in [5.74, 6) is 1.26. The van der Waals surface area contributed by atoms with Gasteiger partial charge >= 0.3 is 6.09 Å². The molecular weight excluding hydrogens is 286 g/mol. The molecule has 1 amide bonds. The Balaban J connectivity index is 1.74. The predicted octanol–water partition coefficient (Wildman–Crippen LogP) is 4.02. The zero-order valence-electron chi connectivity index (χ0n) is 12.2. The van der Waals surface area contributed by atoms with Gasteiger partial charge in [-0.25, -0.2) is 9.78 Å². The van der Waals surface area contributed by atoms with E-state index < -0.39 is 6.09 Å². The molecule has 2 N–H and O–H groups in total. The van der Waals surface area contributed by atoms with Gasteiger partial charge in [0.25, 0.3) is 0 Å². The lowest BCUT2D eigenvalue weighted by Gasteiger charge is -2.30. The maximum absolute atomic E-state index is 11.2. The van der Waals surface area contributed by atoms with Crippen LogP contribution in [0, 0.1) is 5.92 Å². The van der Waals surface area contributed by atoms with Gasteiger partial charge in [0.1, 0.15) is 0 Å². The van der Waals surface area contributed by atoms with Crippen LogP contribution in [0.3, 0.4) is 0 Å². The molecule has 1 atom stereocenters. The van der Waals surface area contributed by atoms with Gasteiger partial charge in [-0.15, -0.1) is 11.8 Å². The standard InChI is InChI=1S/C15H19N3O2S/c1-9(10-4-3-5-10)21-11-6-7-12-13(8-11)17-14(16-12)18-15(19)20-2/h6-10H,3-5H2,1-2H3,(H2,16,17,18,19). The Morgan fingerprint density at radius 1 is 1.52 bits per heavy atom. The van der Waals surface area contributed by atoms with Gasteiger partial charge in [-0.2, -0.15) is 0 Å². The molecule has 0 saturated heterocycles. The maximum Gasteiger partial charge on any atom is 0.413 e. The van der Waals surface area contributed by atoms with E-state index in [1.54, 1.807) is 0 Å². The van der Waals surface area contributed by atoms with E-state index in [2.05, 4.69) is 39.1 Å². The number of carbonyl (C=O) groups excluding carboxylic acids is 1. The second-order valence-electron chi connectivity index (χ2n) is 5.39. The van der Waals surface area contributed by atoms with E-state index in [0.29, 0.717) is 11.2 Å². The number of imidazole rings is 1. The van der Waals surface area contributed by atoms with Gasteiger partial charge in [0.05, 0.1) is 18.1 Å². The number of ether oxygens (including phenoxy) is 1. The van der Waals surface area contributed by atoms with Crippen LogP contribution in [0.1, 0.15) is 26.2 Å². The average molecular weight is 305 g/mol. The van der Waals surface area contributed by atoms with E-state index in [9.17, 15) is 4.79 Å². The average Bonchev–Trinajstić information content (AvgIpc) is 2.77. The highest BCUT2D eigenvalue weighted by molar-refractivity contribution is 8.00. The fraction of sp³-hybridized carbons (Fsp3) is 0.467. The number of benzene rings is 1. The summed E-state index contributed by atoms with van der Waals surface area (Å²) in [5, 5.41) is 3.18. The Bertz CT molecular complexity index is 651. The molecule has 6 heteroatoms. The van der Waals surface area contributed by atoms with Crippen molar-refractivity contribution in [3.05, 3.63) is 18.2 Å². The number of rotatable bonds is 4. The second kappa shape index (κ2) is 5.97. The fourth-order valence-electron chi connectivity index (χ4n) is 2.49. The Hall–Kier alpha value is -1.69. The fourth-order valence-corrected chi connectivity index (χ4v) is 3.71. The summed E-state index contributed by atoms with van der Waals surface area (Å²) >= 11 is 1.90. The number of aromatic nitrogens is 2. The van der Waals surface area contributed by atoms with Crippen molar-refractivity contribution >= 4 is 34.8 Å². The Morgan fingerprint density at radius 3 is 3.00 bits per heavy atom. The van der Waals surface area contributed by atoms with E-state index in [4.69, 9.17) is 0 Å². The van der Waals surface area contributed by atoms with Crippen LogP contribution in [-0.2, 0) is 4.74 Å². The van der Waals surface area contributed by atoms with Crippen molar-refractivity contribution in [2.45, 2.75) is 36.3 Å². The summed E-state index contributed by atoms with van der Waals surface area (Å²) in [6.45, 7) is 2.30. The minimum atomic E-state index is -0.526. The molecule has 2 aromatic rings. The number of carbonyl (C=O) groups is 1. The summed E-state index contributed by atoms with van der Waals surface area (Å²) in [6.07, 6.45) is 3.55. The minimum absolute atomic E-state index is 0.408. The monoisotopic (exact) mass is 305 g/mol. The molecule has 1 fully saturated rings. The number of nitrogens with one attached hydrogen (secondary N) is 2. The SMILES string of the molecule is COC(=O)Nc1nc2cc(SC(C)C3CCC3)ccc2[nH]1. The highest BCUT2D eigenvalue weighted by atomic mass is 32.2. The lowest BCUT2D eigenvalue weighted by atomic mass is 9.83. The first-order valence-corrected chi connectivity index (χ1v) is 8.05. The summed E-state index contributed by atoms with van der Waals surface area (Å²) in [7, 11) is 1.33. The van der Waals surface area contributed by atoms with Crippen LogP contribution in [0.25, 0.3) is 11.0 Å². The Kier molecular flexibility index (Phi) is 4.05. The van der Waals surface area contributed by atoms with Crippen molar-refractivity contribution in [3.8, 4) is 0 Å². The number of nitrogens with zero attached hydrogens (tertiary/aromatic N) is 1. The van der Waals surface area contributed by atoms with Crippen LogP contribution < -0.4 is 5.32 Å². The van der Waals surface area contributed by atoms with Crippen LogP contribution in [0.4, 0.5) is 10.7 Å². The number of thioether (sulfide) groups is 1. The number of methoxy groups -OCH3 is 1. The van der Waals surface area contributed by atoms with E-state index in [1.807, 2.05) is 17.8 Å². The second-order valence-corrected chi connectivity index (χ2v) is 6.85. The third-order valence-corrected chi connectivity index (χ3v) is 5.28. The lowest BCUT2D eigenvalue weighted by molar-refractivity contribution is 0.186. The summed E-state index contributed by atoms with van der Waals surface area (Å²) in [4.78, 5) is 19.8. The number of anilines is 1. The van der Waals surface area contributed by atoms with Crippen LogP contribution >= 0.6 is 11.8 Å². The molecule has 0 aliphatic heterocycles. The minimum Gasteiger partial charge on any atom is -0.453 e. The highest BCUT2D eigenvalue weighted by Crippen LogP contribution is 2.39. The Labute approximate surface area is 127 Å².